The van der Waals surface area contributed by atoms with Gasteiger partial charge in [-0.2, -0.15) is 0 Å². The highest BCUT2D eigenvalue weighted by molar-refractivity contribution is 8.01. The van der Waals surface area contributed by atoms with Crippen LogP contribution < -0.4 is 0 Å². The fourth-order valence-electron chi connectivity index (χ4n) is 2.83. The second-order valence-electron chi connectivity index (χ2n) is 6.36. The van der Waals surface area contributed by atoms with E-state index >= 15 is 0 Å². The van der Waals surface area contributed by atoms with Gasteiger partial charge in [-0.1, -0.05) is 13.8 Å². The highest BCUT2D eigenvalue weighted by Gasteiger charge is 2.48. The third-order valence-corrected chi connectivity index (χ3v) is 6.34. The number of hydrogen-bond donors (Lipinski definition) is 0. The summed E-state index contributed by atoms with van der Waals surface area (Å²) in [7, 11) is 0. The second-order valence-corrected chi connectivity index (χ2v) is 8.00. The van der Waals surface area contributed by atoms with E-state index in [-0.39, 0.29) is 15.9 Å². The van der Waals surface area contributed by atoms with Crippen molar-refractivity contribution in [1.82, 2.24) is 0 Å². The SMILES string of the molecule is CC(=O)c1cc(C)c2c(c1C)C(C)(C)C(C)(C)S2. The smallest absolute Gasteiger partial charge is 0.160 e. The zero-order valence-electron chi connectivity index (χ0n) is 12.4. The summed E-state index contributed by atoms with van der Waals surface area (Å²) in [5.41, 5.74) is 4.77. The maximum absolute atomic E-state index is 11.8. The maximum atomic E-state index is 11.8. The number of rotatable bonds is 1. The molecule has 1 nitrogen and oxygen atoms in total. The van der Waals surface area contributed by atoms with Crippen molar-refractivity contribution >= 4 is 17.5 Å². The lowest BCUT2D eigenvalue weighted by Crippen LogP contribution is -2.36. The highest BCUT2D eigenvalue weighted by atomic mass is 32.2. The lowest BCUT2D eigenvalue weighted by molar-refractivity contribution is 0.101. The van der Waals surface area contributed by atoms with Gasteiger partial charge < -0.3 is 0 Å². The number of carbonyl (C=O) groups is 1. The predicted octanol–water partition coefficient (Wildman–Crippen LogP) is 4.67. The summed E-state index contributed by atoms with van der Waals surface area (Å²) in [6, 6.07) is 2.06. The standard InChI is InChI=1S/C16H22OS/c1-9-8-12(11(3)17)10(2)13-14(9)18-16(6,7)15(13,4)5/h8H,1-7H3. The fraction of sp³-hybridized carbons (Fsp3) is 0.562. The summed E-state index contributed by atoms with van der Waals surface area (Å²) in [6.45, 7) is 15.1. The van der Waals surface area contributed by atoms with Gasteiger partial charge in [-0.25, -0.2) is 0 Å². The molecule has 0 radical (unpaired) electrons. The van der Waals surface area contributed by atoms with Crippen LogP contribution in [0.3, 0.4) is 0 Å². The van der Waals surface area contributed by atoms with Gasteiger partial charge in [0.25, 0.3) is 0 Å². The molecule has 1 aromatic rings. The molecule has 0 atom stereocenters. The van der Waals surface area contributed by atoms with Gasteiger partial charge in [0, 0.05) is 20.6 Å². The molecule has 0 unspecified atom stereocenters. The Kier molecular flexibility index (Phi) is 2.93. The molecule has 0 N–H and O–H groups in total. The molecule has 0 saturated carbocycles. The van der Waals surface area contributed by atoms with Gasteiger partial charge in [-0.15, -0.1) is 11.8 Å². The first-order valence-corrected chi connectivity index (χ1v) is 7.26. The molecule has 0 bridgehead atoms. The van der Waals surface area contributed by atoms with Crippen molar-refractivity contribution < 1.29 is 4.79 Å². The fourth-order valence-corrected chi connectivity index (χ4v) is 4.42. The van der Waals surface area contributed by atoms with Crippen molar-refractivity contribution in [1.29, 1.82) is 0 Å². The van der Waals surface area contributed by atoms with Gasteiger partial charge >= 0.3 is 0 Å². The molecule has 2 heteroatoms. The number of Topliss-reactive ketones (excluding diaryl/α,β-unsaturated/α-hetero) is 1. The molecule has 0 spiro atoms. The molecule has 0 saturated heterocycles. The first-order valence-electron chi connectivity index (χ1n) is 6.44. The minimum Gasteiger partial charge on any atom is -0.295 e. The van der Waals surface area contributed by atoms with Crippen LogP contribution in [-0.4, -0.2) is 10.5 Å². The number of thioether (sulfide) groups is 1. The molecule has 1 aliphatic heterocycles. The molecule has 1 aliphatic rings. The van der Waals surface area contributed by atoms with Gasteiger partial charge in [-0.05, 0) is 57.4 Å². The lowest BCUT2D eigenvalue weighted by Gasteiger charge is -2.35. The van der Waals surface area contributed by atoms with Crippen LogP contribution in [-0.2, 0) is 5.41 Å². The zero-order valence-corrected chi connectivity index (χ0v) is 13.2. The molecule has 1 heterocycles. The first-order chi connectivity index (χ1) is 8.09. The van der Waals surface area contributed by atoms with Crippen molar-refractivity contribution in [3.63, 3.8) is 0 Å². The molecule has 18 heavy (non-hydrogen) atoms. The van der Waals surface area contributed by atoms with Gasteiger partial charge in [0.15, 0.2) is 5.78 Å². The van der Waals surface area contributed by atoms with E-state index < -0.39 is 0 Å². The largest absolute Gasteiger partial charge is 0.295 e. The van der Waals surface area contributed by atoms with Crippen molar-refractivity contribution in [2.45, 2.75) is 63.5 Å². The van der Waals surface area contributed by atoms with E-state index in [0.717, 1.165) is 5.56 Å². The van der Waals surface area contributed by atoms with Crippen LogP contribution in [0.5, 0.6) is 0 Å². The van der Waals surface area contributed by atoms with E-state index in [4.69, 9.17) is 0 Å². The van der Waals surface area contributed by atoms with E-state index in [0.29, 0.717) is 0 Å². The van der Waals surface area contributed by atoms with Crippen LogP contribution in [0.1, 0.15) is 61.7 Å². The monoisotopic (exact) mass is 262 g/mol. The minimum absolute atomic E-state index is 0.0906. The molecule has 0 aliphatic carbocycles. The zero-order chi connectivity index (χ0) is 13.9. The van der Waals surface area contributed by atoms with Crippen LogP contribution >= 0.6 is 11.8 Å². The van der Waals surface area contributed by atoms with E-state index in [1.807, 2.05) is 11.8 Å². The summed E-state index contributed by atoms with van der Waals surface area (Å²) in [6.07, 6.45) is 0. The van der Waals surface area contributed by atoms with Gasteiger partial charge in [0.05, 0.1) is 0 Å². The Morgan fingerprint density at radius 3 is 2.22 bits per heavy atom. The van der Waals surface area contributed by atoms with Gasteiger partial charge in [0.2, 0.25) is 0 Å². The van der Waals surface area contributed by atoms with E-state index in [1.54, 1.807) is 6.92 Å². The molecule has 0 aromatic heterocycles. The number of ketones is 1. The number of carbonyl (C=O) groups excluding carboxylic acids is 1. The molecule has 1 aromatic carbocycles. The number of benzene rings is 1. The topological polar surface area (TPSA) is 17.1 Å². The normalized spacial score (nSPS) is 19.7. The van der Waals surface area contributed by atoms with Crippen LogP contribution in [0.15, 0.2) is 11.0 Å². The Balaban J connectivity index is 2.81. The molecule has 98 valence electrons. The van der Waals surface area contributed by atoms with Crippen LogP contribution in [0.2, 0.25) is 0 Å². The van der Waals surface area contributed by atoms with E-state index in [2.05, 4.69) is 47.6 Å². The summed E-state index contributed by atoms with van der Waals surface area (Å²) < 4.78 is 0.167. The summed E-state index contributed by atoms with van der Waals surface area (Å²) in [5, 5.41) is 0. The molecule has 2 rings (SSSR count). The quantitative estimate of drug-likeness (QED) is 0.684. The number of hydrogen-bond acceptors (Lipinski definition) is 2. The van der Waals surface area contributed by atoms with Crippen LogP contribution in [0.4, 0.5) is 0 Å². The Labute approximate surface area is 114 Å². The Bertz CT molecular complexity index is 539. The van der Waals surface area contributed by atoms with Crippen LogP contribution in [0, 0.1) is 13.8 Å². The third kappa shape index (κ3) is 1.65. The average molecular weight is 262 g/mol. The molecule has 0 amide bonds. The first kappa shape index (κ1) is 13.7. The van der Waals surface area contributed by atoms with E-state index in [1.165, 1.54) is 21.6 Å². The van der Waals surface area contributed by atoms with Crippen LogP contribution in [0.25, 0.3) is 0 Å². The third-order valence-electron chi connectivity index (χ3n) is 4.59. The highest BCUT2D eigenvalue weighted by Crippen LogP contribution is 2.58. The van der Waals surface area contributed by atoms with Crippen molar-refractivity contribution in [2.75, 3.05) is 0 Å². The molecular weight excluding hydrogens is 240 g/mol. The maximum Gasteiger partial charge on any atom is 0.160 e. The predicted molar refractivity (Wildman–Crippen MR) is 78.9 cm³/mol. The summed E-state index contributed by atoms with van der Waals surface area (Å²) >= 11 is 1.95. The summed E-state index contributed by atoms with van der Waals surface area (Å²) in [4.78, 5) is 13.2. The second kappa shape index (κ2) is 3.86. The number of fused-ring (bicyclic) bond motifs is 1. The van der Waals surface area contributed by atoms with Gasteiger partial charge in [-0.3, -0.25) is 4.79 Å². The van der Waals surface area contributed by atoms with Crippen molar-refractivity contribution in [3.05, 3.63) is 28.3 Å². The summed E-state index contributed by atoms with van der Waals surface area (Å²) in [5.74, 6) is 0.170. The number of aryl methyl sites for hydroxylation is 1. The van der Waals surface area contributed by atoms with Gasteiger partial charge in [0.1, 0.15) is 0 Å². The lowest BCUT2D eigenvalue weighted by atomic mass is 9.72. The van der Waals surface area contributed by atoms with Crippen molar-refractivity contribution in [3.8, 4) is 0 Å². The Morgan fingerprint density at radius 2 is 1.72 bits per heavy atom. The minimum atomic E-state index is 0.0906. The molecule has 0 fully saturated rings. The Morgan fingerprint density at radius 1 is 1.17 bits per heavy atom. The van der Waals surface area contributed by atoms with E-state index in [9.17, 15) is 4.79 Å². The average Bonchev–Trinajstić information content (AvgIpc) is 2.40. The Hall–Kier alpha value is -0.760. The molecular formula is C16H22OS. The van der Waals surface area contributed by atoms with Crippen molar-refractivity contribution in [2.24, 2.45) is 0 Å².